The summed E-state index contributed by atoms with van der Waals surface area (Å²) in [5.74, 6) is -3.64. The minimum atomic E-state index is -3.62. The van der Waals surface area contributed by atoms with Crippen LogP contribution in [-0.2, 0) is 19.6 Å². The first-order valence-electron chi connectivity index (χ1n) is 8.70. The predicted molar refractivity (Wildman–Crippen MR) is 102 cm³/mol. The van der Waals surface area contributed by atoms with Crippen molar-refractivity contribution in [1.82, 2.24) is 4.31 Å². The Kier molecular flexibility index (Phi) is 7.40. The monoisotopic (exact) mass is 426 g/mol. The van der Waals surface area contributed by atoms with Crippen LogP contribution in [-0.4, -0.2) is 44.3 Å². The van der Waals surface area contributed by atoms with Crippen molar-refractivity contribution in [2.24, 2.45) is 0 Å². The number of ether oxygens (including phenoxy) is 1. The second-order valence-electron chi connectivity index (χ2n) is 5.90. The molecule has 10 heteroatoms. The molecule has 0 unspecified atom stereocenters. The van der Waals surface area contributed by atoms with Crippen LogP contribution in [0.15, 0.2) is 47.4 Å². The molecule has 0 saturated carbocycles. The van der Waals surface area contributed by atoms with Crippen molar-refractivity contribution >= 4 is 27.6 Å². The summed E-state index contributed by atoms with van der Waals surface area (Å²) < 4.78 is 57.1. The Morgan fingerprint density at radius 3 is 2.07 bits per heavy atom. The van der Waals surface area contributed by atoms with Gasteiger partial charge in [-0.1, -0.05) is 13.8 Å². The van der Waals surface area contributed by atoms with Gasteiger partial charge in [-0.2, -0.15) is 4.31 Å². The first-order valence-corrected chi connectivity index (χ1v) is 10.1. The van der Waals surface area contributed by atoms with E-state index >= 15 is 0 Å². The van der Waals surface area contributed by atoms with E-state index in [0.717, 1.165) is 12.1 Å². The Morgan fingerprint density at radius 1 is 1.00 bits per heavy atom. The van der Waals surface area contributed by atoms with Crippen LogP contribution in [0, 0.1) is 11.6 Å². The molecule has 2 aromatic carbocycles. The third-order valence-corrected chi connectivity index (χ3v) is 5.98. The number of amides is 1. The lowest BCUT2D eigenvalue weighted by Crippen LogP contribution is -2.30. The molecule has 0 heterocycles. The highest BCUT2D eigenvalue weighted by molar-refractivity contribution is 7.89. The molecule has 1 N–H and O–H groups in total. The van der Waals surface area contributed by atoms with E-state index < -0.39 is 40.1 Å². The van der Waals surface area contributed by atoms with Gasteiger partial charge < -0.3 is 10.1 Å². The van der Waals surface area contributed by atoms with Crippen molar-refractivity contribution in [2.45, 2.75) is 18.7 Å². The Hall–Kier alpha value is -2.85. The number of nitrogens with one attached hydrogen (secondary N) is 1. The Balaban J connectivity index is 1.96. The smallest absolute Gasteiger partial charge is 0.338 e. The molecule has 0 spiro atoms. The van der Waals surface area contributed by atoms with Gasteiger partial charge in [-0.15, -0.1) is 0 Å². The largest absolute Gasteiger partial charge is 0.452 e. The first-order chi connectivity index (χ1) is 13.7. The maximum atomic E-state index is 13.1. The molecule has 7 nitrogen and oxygen atoms in total. The standard InChI is InChI=1S/C19H20F2N2O5S/c1-3-23(4-2)29(26,27)17-7-5-16(6-8-17)22-18(24)12-28-19(25)13-9-14(20)11-15(21)10-13/h5-11H,3-4,12H2,1-2H3,(H,22,24). The van der Waals surface area contributed by atoms with E-state index in [2.05, 4.69) is 5.32 Å². The van der Waals surface area contributed by atoms with Crippen LogP contribution in [0.4, 0.5) is 14.5 Å². The van der Waals surface area contributed by atoms with Crippen LogP contribution in [0.25, 0.3) is 0 Å². The Morgan fingerprint density at radius 2 is 1.55 bits per heavy atom. The molecule has 0 saturated heterocycles. The van der Waals surface area contributed by atoms with Crippen LogP contribution >= 0.6 is 0 Å². The van der Waals surface area contributed by atoms with Gasteiger partial charge in [0, 0.05) is 24.8 Å². The van der Waals surface area contributed by atoms with Crippen LogP contribution in [0.3, 0.4) is 0 Å². The number of benzene rings is 2. The molecule has 2 rings (SSSR count). The molecule has 0 aliphatic rings. The quantitative estimate of drug-likeness (QED) is 0.656. The van der Waals surface area contributed by atoms with Crippen molar-refractivity contribution in [2.75, 3.05) is 25.0 Å². The summed E-state index contributed by atoms with van der Waals surface area (Å²) in [5.41, 5.74) is -0.0670. The maximum Gasteiger partial charge on any atom is 0.338 e. The molecule has 0 bridgehead atoms. The number of carbonyl (C=O) groups is 2. The van der Waals surface area contributed by atoms with Crippen LogP contribution in [0.1, 0.15) is 24.2 Å². The molecule has 0 aliphatic carbocycles. The molecular formula is C19H20F2N2O5S. The number of halogens is 2. The minimum Gasteiger partial charge on any atom is -0.452 e. The second-order valence-corrected chi connectivity index (χ2v) is 7.83. The van der Waals surface area contributed by atoms with Gasteiger partial charge in [-0.25, -0.2) is 22.0 Å². The van der Waals surface area contributed by atoms with E-state index in [4.69, 9.17) is 4.74 Å². The highest BCUT2D eigenvalue weighted by Gasteiger charge is 2.21. The number of nitrogens with zero attached hydrogens (tertiary/aromatic N) is 1. The molecule has 0 radical (unpaired) electrons. The number of hydrogen-bond acceptors (Lipinski definition) is 5. The Bertz CT molecular complexity index is 970. The van der Waals surface area contributed by atoms with Crippen LogP contribution in [0.5, 0.6) is 0 Å². The number of anilines is 1. The molecule has 156 valence electrons. The number of esters is 1. The number of rotatable bonds is 8. The summed E-state index contributed by atoms with van der Waals surface area (Å²) in [5, 5.41) is 2.43. The summed E-state index contributed by atoms with van der Waals surface area (Å²) in [7, 11) is -3.62. The predicted octanol–water partition coefficient (Wildman–Crippen LogP) is 2.79. The van der Waals surface area contributed by atoms with E-state index in [-0.39, 0.29) is 10.5 Å². The SMILES string of the molecule is CCN(CC)S(=O)(=O)c1ccc(NC(=O)COC(=O)c2cc(F)cc(F)c2)cc1. The lowest BCUT2D eigenvalue weighted by Gasteiger charge is -2.18. The highest BCUT2D eigenvalue weighted by atomic mass is 32.2. The van der Waals surface area contributed by atoms with Crippen molar-refractivity contribution in [3.05, 3.63) is 59.7 Å². The number of hydrogen-bond donors (Lipinski definition) is 1. The van der Waals surface area contributed by atoms with Gasteiger partial charge in [-0.05, 0) is 36.4 Å². The lowest BCUT2D eigenvalue weighted by molar-refractivity contribution is -0.119. The van der Waals surface area contributed by atoms with Gasteiger partial charge in [0.25, 0.3) is 5.91 Å². The van der Waals surface area contributed by atoms with Crippen molar-refractivity contribution in [3.8, 4) is 0 Å². The topological polar surface area (TPSA) is 92.8 Å². The number of sulfonamides is 1. The van der Waals surface area contributed by atoms with E-state index in [9.17, 15) is 26.8 Å². The molecule has 2 aromatic rings. The molecule has 0 atom stereocenters. The zero-order valence-corrected chi connectivity index (χ0v) is 16.6. The molecule has 1 amide bonds. The van der Waals surface area contributed by atoms with E-state index in [1.54, 1.807) is 13.8 Å². The molecular weight excluding hydrogens is 406 g/mol. The second kappa shape index (κ2) is 9.57. The van der Waals surface area contributed by atoms with Crippen molar-refractivity contribution in [1.29, 1.82) is 0 Å². The summed E-state index contributed by atoms with van der Waals surface area (Å²) in [6.45, 7) is 3.44. The van der Waals surface area contributed by atoms with E-state index in [1.807, 2.05) is 0 Å². The number of carbonyl (C=O) groups excluding carboxylic acids is 2. The Labute approximate surface area is 167 Å². The van der Waals surface area contributed by atoms with Gasteiger partial charge in [-0.3, -0.25) is 4.79 Å². The summed E-state index contributed by atoms with van der Waals surface area (Å²) in [6.07, 6.45) is 0. The average Bonchev–Trinajstić information content (AvgIpc) is 2.66. The zero-order chi connectivity index (χ0) is 21.6. The normalized spacial score (nSPS) is 11.3. The molecule has 0 fully saturated rings. The van der Waals surface area contributed by atoms with Crippen molar-refractivity contribution < 1.29 is 31.5 Å². The fraction of sp³-hybridized carbons (Fsp3) is 0.263. The van der Waals surface area contributed by atoms with E-state index in [1.165, 1.54) is 28.6 Å². The van der Waals surface area contributed by atoms with Gasteiger partial charge >= 0.3 is 5.97 Å². The van der Waals surface area contributed by atoms with Crippen LogP contribution < -0.4 is 5.32 Å². The van der Waals surface area contributed by atoms with Gasteiger partial charge in [0.1, 0.15) is 11.6 Å². The van der Waals surface area contributed by atoms with Gasteiger partial charge in [0.2, 0.25) is 10.0 Å². The fourth-order valence-corrected chi connectivity index (χ4v) is 3.96. The van der Waals surface area contributed by atoms with Crippen molar-refractivity contribution in [3.63, 3.8) is 0 Å². The summed E-state index contributed by atoms with van der Waals surface area (Å²) >= 11 is 0. The first kappa shape index (κ1) is 22.4. The van der Waals surface area contributed by atoms with E-state index in [0.29, 0.717) is 24.8 Å². The zero-order valence-electron chi connectivity index (χ0n) is 15.8. The summed E-state index contributed by atoms with van der Waals surface area (Å²) in [4.78, 5) is 23.8. The molecule has 0 aromatic heterocycles. The fourth-order valence-electron chi connectivity index (χ4n) is 2.51. The highest BCUT2D eigenvalue weighted by Crippen LogP contribution is 2.18. The third kappa shape index (κ3) is 5.81. The molecule has 0 aliphatic heterocycles. The lowest BCUT2D eigenvalue weighted by atomic mass is 10.2. The molecule has 29 heavy (non-hydrogen) atoms. The maximum absolute atomic E-state index is 13.1. The third-order valence-electron chi connectivity index (χ3n) is 3.91. The minimum absolute atomic E-state index is 0.0822. The van der Waals surface area contributed by atoms with Gasteiger partial charge in [0.05, 0.1) is 10.5 Å². The van der Waals surface area contributed by atoms with Crippen LogP contribution in [0.2, 0.25) is 0 Å². The van der Waals surface area contributed by atoms with Gasteiger partial charge in [0.15, 0.2) is 6.61 Å². The average molecular weight is 426 g/mol. The summed E-state index contributed by atoms with van der Waals surface area (Å²) in [6, 6.07) is 7.69.